The van der Waals surface area contributed by atoms with Gasteiger partial charge in [0.2, 0.25) is 10.0 Å². The van der Waals surface area contributed by atoms with E-state index in [-0.39, 0.29) is 11.4 Å². The third-order valence-corrected chi connectivity index (χ3v) is 6.38. The maximum atomic E-state index is 12.1. The molecule has 0 fully saturated rings. The van der Waals surface area contributed by atoms with Gasteiger partial charge < -0.3 is 5.73 Å². The Bertz CT molecular complexity index is 648. The van der Waals surface area contributed by atoms with E-state index in [1.807, 2.05) is 12.1 Å². The molecule has 104 valence electrons. The molecule has 0 amide bonds. The van der Waals surface area contributed by atoms with Crippen molar-refractivity contribution in [2.24, 2.45) is 5.73 Å². The molecule has 0 aromatic carbocycles. The normalized spacial score (nSPS) is 11.9. The van der Waals surface area contributed by atoms with Gasteiger partial charge >= 0.3 is 0 Å². The summed E-state index contributed by atoms with van der Waals surface area (Å²) in [6.45, 7) is 0.577. The van der Waals surface area contributed by atoms with Gasteiger partial charge in [-0.15, -0.1) is 22.7 Å². The average molecular weight is 337 g/mol. The molecule has 0 saturated heterocycles. The molecular formula is C11H13ClN2O2S3. The summed E-state index contributed by atoms with van der Waals surface area (Å²) in [5, 5.41) is 1.73. The maximum Gasteiger partial charge on any atom is 0.241 e. The second kappa shape index (κ2) is 6.34. The van der Waals surface area contributed by atoms with E-state index >= 15 is 0 Å². The number of hydrogen-bond donors (Lipinski definition) is 2. The van der Waals surface area contributed by atoms with Gasteiger partial charge in [0.05, 0.1) is 9.23 Å². The summed E-state index contributed by atoms with van der Waals surface area (Å²) < 4.78 is 27.5. The van der Waals surface area contributed by atoms with Crippen molar-refractivity contribution < 1.29 is 8.42 Å². The number of nitrogens with one attached hydrogen (secondary N) is 1. The molecule has 0 unspecified atom stereocenters. The highest BCUT2D eigenvalue weighted by Crippen LogP contribution is 2.23. The Kier molecular flexibility index (Phi) is 4.99. The quantitative estimate of drug-likeness (QED) is 0.851. The molecule has 0 aliphatic rings. The fourth-order valence-electron chi connectivity index (χ4n) is 1.59. The fourth-order valence-corrected chi connectivity index (χ4v) is 5.04. The molecule has 0 bridgehead atoms. The van der Waals surface area contributed by atoms with Gasteiger partial charge in [0.25, 0.3) is 0 Å². The lowest BCUT2D eigenvalue weighted by Crippen LogP contribution is -2.26. The van der Waals surface area contributed by atoms with Gasteiger partial charge in [0.15, 0.2) is 0 Å². The van der Waals surface area contributed by atoms with E-state index in [9.17, 15) is 8.42 Å². The summed E-state index contributed by atoms with van der Waals surface area (Å²) in [4.78, 5) is 2.01. The lowest BCUT2D eigenvalue weighted by Gasteiger charge is -2.06. The van der Waals surface area contributed by atoms with Crippen molar-refractivity contribution in [3.8, 4) is 0 Å². The molecule has 8 heteroatoms. The molecule has 3 N–H and O–H groups in total. The van der Waals surface area contributed by atoms with E-state index in [1.54, 1.807) is 11.4 Å². The highest BCUT2D eigenvalue weighted by atomic mass is 35.5. The first-order valence-electron chi connectivity index (χ1n) is 5.53. The lowest BCUT2D eigenvalue weighted by atomic mass is 10.3. The first-order chi connectivity index (χ1) is 9.03. The zero-order valence-electron chi connectivity index (χ0n) is 9.93. The van der Waals surface area contributed by atoms with Crippen LogP contribution in [0.15, 0.2) is 28.5 Å². The standard InChI is InChI=1S/C11H13ClN2O2S3/c12-11-2-1-8(18-11)3-5-14-19(15,16)10-4-6-17-9(10)7-13/h1-2,4,6,14H,3,5,7,13H2. The van der Waals surface area contributed by atoms with Crippen LogP contribution in [0.5, 0.6) is 0 Å². The molecule has 0 atom stereocenters. The number of hydrogen-bond acceptors (Lipinski definition) is 5. The van der Waals surface area contributed by atoms with E-state index in [0.717, 1.165) is 4.88 Å². The SMILES string of the molecule is NCc1sccc1S(=O)(=O)NCCc1ccc(Cl)s1. The van der Waals surface area contributed by atoms with E-state index in [0.29, 0.717) is 22.2 Å². The van der Waals surface area contributed by atoms with E-state index in [4.69, 9.17) is 17.3 Å². The van der Waals surface area contributed by atoms with E-state index < -0.39 is 10.0 Å². The number of thiophene rings is 2. The maximum absolute atomic E-state index is 12.1. The number of sulfonamides is 1. The minimum Gasteiger partial charge on any atom is -0.326 e. The van der Waals surface area contributed by atoms with Crippen LogP contribution in [0.25, 0.3) is 0 Å². The van der Waals surface area contributed by atoms with Crippen molar-refractivity contribution >= 4 is 44.3 Å². The van der Waals surface area contributed by atoms with Crippen molar-refractivity contribution in [3.05, 3.63) is 37.7 Å². The summed E-state index contributed by atoms with van der Waals surface area (Å²) >= 11 is 8.62. The third kappa shape index (κ3) is 3.77. The first-order valence-corrected chi connectivity index (χ1v) is 9.09. The molecule has 19 heavy (non-hydrogen) atoms. The molecule has 0 aliphatic carbocycles. The highest BCUT2D eigenvalue weighted by molar-refractivity contribution is 7.89. The molecule has 0 spiro atoms. The van der Waals surface area contributed by atoms with Gasteiger partial charge in [-0.05, 0) is 30.0 Å². The molecular weight excluding hydrogens is 324 g/mol. The van der Waals surface area contributed by atoms with Crippen molar-refractivity contribution in [1.82, 2.24) is 4.72 Å². The zero-order valence-corrected chi connectivity index (χ0v) is 13.1. The fraction of sp³-hybridized carbons (Fsp3) is 0.273. The minimum absolute atomic E-state index is 0.231. The van der Waals surface area contributed by atoms with Crippen LogP contribution in [0.4, 0.5) is 0 Å². The second-order valence-electron chi connectivity index (χ2n) is 3.77. The number of halogens is 1. The van der Waals surface area contributed by atoms with Crippen molar-refractivity contribution in [2.75, 3.05) is 6.54 Å². The average Bonchev–Trinajstić information content (AvgIpc) is 2.97. The lowest BCUT2D eigenvalue weighted by molar-refractivity contribution is 0.581. The van der Waals surface area contributed by atoms with Gasteiger partial charge in [-0.1, -0.05) is 11.6 Å². The Hall–Kier alpha value is -0.440. The number of rotatable bonds is 6. The molecule has 2 heterocycles. The van der Waals surface area contributed by atoms with Crippen LogP contribution in [0.2, 0.25) is 4.34 Å². The van der Waals surface area contributed by atoms with Crippen LogP contribution in [0.3, 0.4) is 0 Å². The summed E-state index contributed by atoms with van der Waals surface area (Å²) in [6, 6.07) is 5.29. The van der Waals surface area contributed by atoms with Crippen molar-refractivity contribution in [3.63, 3.8) is 0 Å². The molecule has 2 rings (SSSR count). The Morgan fingerprint density at radius 2 is 2.11 bits per heavy atom. The van der Waals surface area contributed by atoms with Crippen LogP contribution in [-0.4, -0.2) is 15.0 Å². The van der Waals surface area contributed by atoms with Crippen LogP contribution < -0.4 is 10.5 Å². The molecule has 2 aromatic heterocycles. The smallest absolute Gasteiger partial charge is 0.241 e. The van der Waals surface area contributed by atoms with E-state index in [2.05, 4.69) is 4.72 Å². The molecule has 0 aliphatic heterocycles. The Morgan fingerprint density at radius 3 is 2.74 bits per heavy atom. The van der Waals surface area contributed by atoms with Crippen LogP contribution in [0.1, 0.15) is 9.75 Å². The van der Waals surface area contributed by atoms with Gasteiger partial charge in [-0.25, -0.2) is 13.1 Å². The monoisotopic (exact) mass is 336 g/mol. The Labute approximate surface area is 125 Å². The summed E-state index contributed by atoms with van der Waals surface area (Å²) in [6.07, 6.45) is 0.624. The summed E-state index contributed by atoms with van der Waals surface area (Å²) in [7, 11) is -3.47. The molecule has 0 radical (unpaired) electrons. The van der Waals surface area contributed by atoms with Gasteiger partial charge in [0.1, 0.15) is 0 Å². The predicted molar refractivity (Wildman–Crippen MR) is 80.4 cm³/mol. The van der Waals surface area contributed by atoms with E-state index in [1.165, 1.54) is 22.7 Å². The third-order valence-electron chi connectivity index (χ3n) is 2.47. The van der Waals surface area contributed by atoms with Crippen LogP contribution >= 0.6 is 34.3 Å². The Balaban J connectivity index is 1.98. The molecule has 4 nitrogen and oxygen atoms in total. The largest absolute Gasteiger partial charge is 0.326 e. The summed E-state index contributed by atoms with van der Waals surface area (Å²) in [5.41, 5.74) is 5.52. The van der Waals surface area contributed by atoms with Crippen molar-refractivity contribution in [1.29, 1.82) is 0 Å². The van der Waals surface area contributed by atoms with Gasteiger partial charge in [-0.2, -0.15) is 0 Å². The van der Waals surface area contributed by atoms with Crippen molar-refractivity contribution in [2.45, 2.75) is 17.9 Å². The highest BCUT2D eigenvalue weighted by Gasteiger charge is 2.18. The number of nitrogens with two attached hydrogens (primary N) is 1. The van der Waals surface area contributed by atoms with Gasteiger partial charge in [0, 0.05) is 22.8 Å². The van der Waals surface area contributed by atoms with Gasteiger partial charge in [-0.3, -0.25) is 0 Å². The topological polar surface area (TPSA) is 72.2 Å². The van der Waals surface area contributed by atoms with Crippen LogP contribution in [-0.2, 0) is 23.0 Å². The molecule has 2 aromatic rings. The minimum atomic E-state index is -3.47. The van der Waals surface area contributed by atoms with Crippen LogP contribution in [0, 0.1) is 0 Å². The Morgan fingerprint density at radius 1 is 1.32 bits per heavy atom. The zero-order chi connectivity index (χ0) is 13.9. The first kappa shape index (κ1) is 15.0. The molecule has 0 saturated carbocycles. The predicted octanol–water partition coefficient (Wildman–Crippen LogP) is 2.44. The summed E-state index contributed by atoms with van der Waals surface area (Å²) in [5.74, 6) is 0. The second-order valence-corrected chi connectivity index (χ2v) is 8.30.